The van der Waals surface area contributed by atoms with Crippen LogP contribution < -0.4 is 4.90 Å². The van der Waals surface area contributed by atoms with Crippen LogP contribution in [0.15, 0.2) is 192 Å². The van der Waals surface area contributed by atoms with Gasteiger partial charge in [-0.3, -0.25) is 0 Å². The van der Waals surface area contributed by atoms with Gasteiger partial charge >= 0.3 is 0 Å². The number of furan rings is 1. The fourth-order valence-electron chi connectivity index (χ4n) is 7.73. The molecule has 0 spiro atoms. The highest BCUT2D eigenvalue weighted by Crippen LogP contribution is 2.49. The SMILES string of the molecule is c1ccc(N(c2ccc3c(c2)oc2ccccc23)c2cccc(-c3ccc4ccccc4c3)c2-c2cc3ccccc3c3ccccc23)cc1. The van der Waals surface area contributed by atoms with Gasteiger partial charge in [0, 0.05) is 33.8 Å². The predicted molar refractivity (Wildman–Crippen MR) is 212 cm³/mol. The monoisotopic (exact) mass is 637 g/mol. The molecule has 0 saturated carbocycles. The van der Waals surface area contributed by atoms with E-state index in [2.05, 4.69) is 181 Å². The molecule has 1 aromatic heterocycles. The lowest BCUT2D eigenvalue weighted by Gasteiger charge is -2.29. The Morgan fingerprint density at radius 1 is 0.340 bits per heavy atom. The van der Waals surface area contributed by atoms with Gasteiger partial charge in [0.2, 0.25) is 0 Å². The van der Waals surface area contributed by atoms with Crippen molar-refractivity contribution in [1.82, 2.24) is 0 Å². The normalized spacial score (nSPS) is 11.6. The van der Waals surface area contributed by atoms with E-state index in [4.69, 9.17) is 4.42 Å². The molecule has 0 radical (unpaired) electrons. The van der Waals surface area contributed by atoms with Gasteiger partial charge in [-0.05, 0) is 97.5 Å². The molecule has 9 aromatic carbocycles. The fourth-order valence-corrected chi connectivity index (χ4v) is 7.73. The molecule has 10 rings (SSSR count). The average molecular weight is 638 g/mol. The van der Waals surface area contributed by atoms with E-state index in [1.54, 1.807) is 0 Å². The zero-order chi connectivity index (χ0) is 33.0. The molecule has 0 N–H and O–H groups in total. The first kappa shape index (κ1) is 28.4. The van der Waals surface area contributed by atoms with Gasteiger partial charge < -0.3 is 9.32 Å². The second kappa shape index (κ2) is 11.5. The van der Waals surface area contributed by atoms with Crippen LogP contribution in [0.5, 0.6) is 0 Å². The number of hydrogen-bond acceptors (Lipinski definition) is 2. The first-order valence-corrected chi connectivity index (χ1v) is 17.1. The quantitative estimate of drug-likeness (QED) is 0.175. The van der Waals surface area contributed by atoms with Crippen LogP contribution in [0.4, 0.5) is 17.1 Å². The standard InChI is InChI=1S/C48H31NO/c1-2-16-36(17-3-1)49(37-27-28-43-42-21-10-11-24-46(42)50-47(43)31-37)45-23-12-22-39(35-26-25-32-13-4-5-14-33(32)29-35)48(45)44-30-34-15-6-7-18-38(34)40-19-8-9-20-41(40)44/h1-31H. The first-order chi connectivity index (χ1) is 24.8. The van der Waals surface area contributed by atoms with Crippen molar-refractivity contribution in [2.75, 3.05) is 4.90 Å². The van der Waals surface area contributed by atoms with Crippen LogP contribution in [0.2, 0.25) is 0 Å². The van der Waals surface area contributed by atoms with E-state index in [-0.39, 0.29) is 0 Å². The molecule has 0 amide bonds. The zero-order valence-corrected chi connectivity index (χ0v) is 27.3. The molecule has 0 fully saturated rings. The van der Waals surface area contributed by atoms with E-state index in [0.717, 1.165) is 39.0 Å². The summed E-state index contributed by atoms with van der Waals surface area (Å²) >= 11 is 0. The molecule has 0 aliphatic heterocycles. The third-order valence-electron chi connectivity index (χ3n) is 10.0. The van der Waals surface area contributed by atoms with Gasteiger partial charge in [-0.1, -0.05) is 133 Å². The summed E-state index contributed by atoms with van der Waals surface area (Å²) in [5.74, 6) is 0. The first-order valence-electron chi connectivity index (χ1n) is 17.1. The van der Waals surface area contributed by atoms with Crippen LogP contribution in [-0.2, 0) is 0 Å². The number of fused-ring (bicyclic) bond motifs is 7. The Morgan fingerprint density at radius 2 is 1.02 bits per heavy atom. The second-order valence-corrected chi connectivity index (χ2v) is 12.9. The Labute approximate surface area is 290 Å². The molecule has 0 unspecified atom stereocenters. The minimum atomic E-state index is 0.869. The number of para-hydroxylation sites is 2. The Bertz CT molecular complexity index is 2880. The van der Waals surface area contributed by atoms with Crippen molar-refractivity contribution in [3.63, 3.8) is 0 Å². The lowest BCUT2D eigenvalue weighted by Crippen LogP contribution is -2.11. The van der Waals surface area contributed by atoms with Gasteiger partial charge in [-0.15, -0.1) is 0 Å². The Balaban J connectivity index is 1.31. The van der Waals surface area contributed by atoms with Crippen molar-refractivity contribution in [2.45, 2.75) is 0 Å². The molecule has 50 heavy (non-hydrogen) atoms. The summed E-state index contributed by atoms with van der Waals surface area (Å²) in [5.41, 5.74) is 9.70. The summed E-state index contributed by atoms with van der Waals surface area (Å²) in [4.78, 5) is 2.39. The topological polar surface area (TPSA) is 16.4 Å². The fraction of sp³-hybridized carbons (Fsp3) is 0. The highest BCUT2D eigenvalue weighted by Gasteiger charge is 2.23. The predicted octanol–water partition coefficient (Wildman–Crippen LogP) is 13.8. The third kappa shape index (κ3) is 4.57. The Morgan fingerprint density at radius 3 is 1.88 bits per heavy atom. The maximum Gasteiger partial charge on any atom is 0.137 e. The van der Waals surface area contributed by atoms with Crippen LogP contribution in [0, 0.1) is 0 Å². The average Bonchev–Trinajstić information content (AvgIpc) is 3.56. The molecule has 2 heteroatoms. The molecule has 2 nitrogen and oxygen atoms in total. The van der Waals surface area contributed by atoms with E-state index in [9.17, 15) is 0 Å². The van der Waals surface area contributed by atoms with Crippen LogP contribution in [0.3, 0.4) is 0 Å². The molecule has 1 heterocycles. The van der Waals surface area contributed by atoms with Gasteiger partial charge in [0.25, 0.3) is 0 Å². The smallest absolute Gasteiger partial charge is 0.137 e. The molecule has 0 aliphatic carbocycles. The maximum absolute atomic E-state index is 6.44. The largest absolute Gasteiger partial charge is 0.456 e. The van der Waals surface area contributed by atoms with Crippen molar-refractivity contribution in [3.05, 3.63) is 188 Å². The highest BCUT2D eigenvalue weighted by molar-refractivity contribution is 6.17. The van der Waals surface area contributed by atoms with Crippen LogP contribution in [0.25, 0.3) is 76.5 Å². The molecule has 0 saturated heterocycles. The zero-order valence-electron chi connectivity index (χ0n) is 27.3. The highest BCUT2D eigenvalue weighted by atomic mass is 16.3. The summed E-state index contributed by atoms with van der Waals surface area (Å²) in [6, 6.07) is 67.7. The van der Waals surface area contributed by atoms with E-state index in [1.807, 2.05) is 12.1 Å². The van der Waals surface area contributed by atoms with Crippen LogP contribution >= 0.6 is 0 Å². The molecular formula is C48H31NO. The lowest BCUT2D eigenvalue weighted by molar-refractivity contribution is 0.669. The Hall–Kier alpha value is -6.64. The maximum atomic E-state index is 6.44. The molecular weight excluding hydrogens is 607 g/mol. The number of hydrogen-bond donors (Lipinski definition) is 0. The summed E-state index contributed by atoms with van der Waals surface area (Å²) < 4.78 is 6.44. The molecule has 0 atom stereocenters. The van der Waals surface area contributed by atoms with Crippen molar-refractivity contribution in [1.29, 1.82) is 0 Å². The summed E-state index contributed by atoms with van der Waals surface area (Å²) in [6.07, 6.45) is 0. The van der Waals surface area contributed by atoms with E-state index in [0.29, 0.717) is 0 Å². The number of rotatable bonds is 5. The summed E-state index contributed by atoms with van der Waals surface area (Å²) in [5, 5.41) is 9.64. The van der Waals surface area contributed by atoms with Gasteiger partial charge in [0.05, 0.1) is 5.69 Å². The van der Waals surface area contributed by atoms with Crippen LogP contribution in [-0.4, -0.2) is 0 Å². The second-order valence-electron chi connectivity index (χ2n) is 12.9. The van der Waals surface area contributed by atoms with E-state index in [1.165, 1.54) is 54.6 Å². The third-order valence-corrected chi connectivity index (χ3v) is 10.0. The number of benzene rings is 9. The number of anilines is 3. The van der Waals surface area contributed by atoms with Crippen molar-refractivity contribution in [2.24, 2.45) is 0 Å². The summed E-state index contributed by atoms with van der Waals surface area (Å²) in [7, 11) is 0. The van der Waals surface area contributed by atoms with Crippen molar-refractivity contribution < 1.29 is 4.42 Å². The van der Waals surface area contributed by atoms with Gasteiger partial charge in [0.15, 0.2) is 0 Å². The van der Waals surface area contributed by atoms with Crippen molar-refractivity contribution in [3.8, 4) is 22.3 Å². The minimum Gasteiger partial charge on any atom is -0.456 e. The van der Waals surface area contributed by atoms with Crippen molar-refractivity contribution >= 4 is 71.3 Å². The molecule has 234 valence electrons. The Kier molecular flexibility index (Phi) is 6.53. The molecule has 0 aliphatic rings. The molecule has 0 bridgehead atoms. The lowest BCUT2D eigenvalue weighted by atomic mass is 9.87. The van der Waals surface area contributed by atoms with E-state index >= 15 is 0 Å². The van der Waals surface area contributed by atoms with Gasteiger partial charge in [-0.25, -0.2) is 0 Å². The number of nitrogens with zero attached hydrogens (tertiary/aromatic N) is 1. The van der Waals surface area contributed by atoms with Gasteiger partial charge in [-0.2, -0.15) is 0 Å². The minimum absolute atomic E-state index is 0.869. The van der Waals surface area contributed by atoms with Crippen LogP contribution in [0.1, 0.15) is 0 Å². The van der Waals surface area contributed by atoms with E-state index < -0.39 is 0 Å². The molecule has 10 aromatic rings. The van der Waals surface area contributed by atoms with Gasteiger partial charge in [0.1, 0.15) is 11.2 Å². The summed E-state index contributed by atoms with van der Waals surface area (Å²) in [6.45, 7) is 0.